The lowest BCUT2D eigenvalue weighted by atomic mass is 10.0. The fourth-order valence-corrected chi connectivity index (χ4v) is 1.00. The van der Waals surface area contributed by atoms with E-state index in [1.54, 1.807) is 0 Å². The Kier molecular flexibility index (Phi) is 3.54. The third-order valence-corrected chi connectivity index (χ3v) is 2.73. The first-order chi connectivity index (χ1) is 7.33. The van der Waals surface area contributed by atoms with Gasteiger partial charge in [0.05, 0.1) is 0 Å². The van der Waals surface area contributed by atoms with Crippen molar-refractivity contribution in [2.24, 2.45) is 0 Å². The van der Waals surface area contributed by atoms with Gasteiger partial charge < -0.3 is 16.0 Å². The number of anilines is 1. The van der Waals surface area contributed by atoms with Gasteiger partial charge in [-0.05, 0) is 27.9 Å². The highest BCUT2D eigenvalue weighted by molar-refractivity contribution is 5.92. The van der Waals surface area contributed by atoms with Crippen LogP contribution < -0.4 is 11.1 Å². The minimum Gasteiger partial charge on any atom is -0.382 e. The number of carbonyl (C=O) groups is 1. The summed E-state index contributed by atoms with van der Waals surface area (Å²) in [6.45, 7) is 4.65. The second-order valence-corrected chi connectivity index (χ2v) is 4.60. The largest absolute Gasteiger partial charge is 0.382 e. The molecule has 1 amide bonds. The van der Waals surface area contributed by atoms with Crippen molar-refractivity contribution in [1.29, 1.82) is 0 Å². The zero-order valence-corrected chi connectivity index (χ0v) is 10.2. The summed E-state index contributed by atoms with van der Waals surface area (Å²) < 4.78 is 0. The van der Waals surface area contributed by atoms with Crippen LogP contribution in [-0.4, -0.2) is 47.2 Å². The third-order valence-electron chi connectivity index (χ3n) is 2.73. The summed E-state index contributed by atoms with van der Waals surface area (Å²) in [6.07, 6.45) is 0. The van der Waals surface area contributed by atoms with Crippen LogP contribution in [0.1, 0.15) is 24.3 Å². The van der Waals surface area contributed by atoms with Crippen molar-refractivity contribution in [3.63, 3.8) is 0 Å². The molecule has 90 valence electrons. The van der Waals surface area contributed by atoms with Gasteiger partial charge in [-0.1, -0.05) is 0 Å². The number of likely N-dealkylation sites (N-methyl/N-ethyl adjacent to an activating group) is 1. The Hall–Kier alpha value is -1.56. The number of amides is 1. The summed E-state index contributed by atoms with van der Waals surface area (Å²) in [6, 6.07) is 1.51. The number of carbonyl (C=O) groups excluding carboxylic acids is 1. The van der Waals surface area contributed by atoms with E-state index in [2.05, 4.69) is 34.3 Å². The maximum absolute atomic E-state index is 11.7. The Morgan fingerprint density at radius 1 is 1.62 bits per heavy atom. The summed E-state index contributed by atoms with van der Waals surface area (Å²) >= 11 is 0. The predicted molar refractivity (Wildman–Crippen MR) is 63.1 cm³/mol. The highest BCUT2D eigenvalue weighted by Gasteiger charge is 2.21. The number of nitrogen functional groups attached to an aromatic ring is 1. The van der Waals surface area contributed by atoms with Crippen molar-refractivity contribution in [3.05, 3.63) is 11.8 Å². The maximum atomic E-state index is 11.7. The van der Waals surface area contributed by atoms with E-state index < -0.39 is 0 Å². The molecule has 0 unspecified atom stereocenters. The average Bonchev–Trinajstić information content (AvgIpc) is 2.61. The lowest BCUT2D eigenvalue weighted by Gasteiger charge is -2.32. The maximum Gasteiger partial charge on any atom is 0.269 e. The van der Waals surface area contributed by atoms with E-state index in [1.807, 2.05) is 14.1 Å². The van der Waals surface area contributed by atoms with Gasteiger partial charge >= 0.3 is 0 Å². The molecule has 0 aliphatic carbocycles. The summed E-state index contributed by atoms with van der Waals surface area (Å²) in [5.41, 5.74) is 5.70. The van der Waals surface area contributed by atoms with E-state index in [0.29, 0.717) is 18.1 Å². The van der Waals surface area contributed by atoms with Crippen LogP contribution in [0.25, 0.3) is 0 Å². The van der Waals surface area contributed by atoms with Crippen molar-refractivity contribution in [1.82, 2.24) is 20.4 Å². The van der Waals surface area contributed by atoms with Gasteiger partial charge in [-0.2, -0.15) is 5.10 Å². The fourth-order valence-electron chi connectivity index (χ4n) is 1.00. The second kappa shape index (κ2) is 4.52. The molecule has 1 rings (SSSR count). The number of H-pyrrole nitrogens is 1. The number of rotatable bonds is 4. The molecular weight excluding hydrogens is 206 g/mol. The van der Waals surface area contributed by atoms with Crippen LogP contribution in [0.4, 0.5) is 5.82 Å². The van der Waals surface area contributed by atoms with Crippen molar-refractivity contribution >= 4 is 11.7 Å². The van der Waals surface area contributed by atoms with Crippen LogP contribution in [0.3, 0.4) is 0 Å². The zero-order valence-electron chi connectivity index (χ0n) is 10.2. The molecule has 0 aliphatic rings. The molecule has 6 nitrogen and oxygen atoms in total. The number of aromatic nitrogens is 2. The first-order valence-corrected chi connectivity index (χ1v) is 5.09. The first kappa shape index (κ1) is 12.5. The highest BCUT2D eigenvalue weighted by atomic mass is 16.1. The van der Waals surface area contributed by atoms with Crippen LogP contribution in [0.2, 0.25) is 0 Å². The molecule has 16 heavy (non-hydrogen) atoms. The van der Waals surface area contributed by atoms with Gasteiger partial charge in [0.1, 0.15) is 11.5 Å². The van der Waals surface area contributed by atoms with E-state index in [1.165, 1.54) is 6.07 Å². The van der Waals surface area contributed by atoms with Crippen molar-refractivity contribution in [2.45, 2.75) is 19.4 Å². The molecule has 1 aromatic rings. The Balaban J connectivity index is 2.54. The van der Waals surface area contributed by atoms with Crippen LogP contribution in [0, 0.1) is 0 Å². The number of nitrogens with zero attached hydrogens (tertiary/aromatic N) is 2. The highest BCUT2D eigenvalue weighted by Crippen LogP contribution is 2.08. The van der Waals surface area contributed by atoms with Gasteiger partial charge in [-0.25, -0.2) is 0 Å². The van der Waals surface area contributed by atoms with E-state index in [9.17, 15) is 4.79 Å². The number of nitrogens with one attached hydrogen (secondary N) is 2. The van der Waals surface area contributed by atoms with Crippen LogP contribution in [0.5, 0.6) is 0 Å². The Bertz CT molecular complexity index is 369. The van der Waals surface area contributed by atoms with Gasteiger partial charge in [-0.15, -0.1) is 0 Å². The van der Waals surface area contributed by atoms with Gasteiger partial charge in [0.2, 0.25) is 0 Å². The molecule has 0 spiro atoms. The monoisotopic (exact) mass is 225 g/mol. The second-order valence-electron chi connectivity index (χ2n) is 4.60. The summed E-state index contributed by atoms with van der Waals surface area (Å²) in [4.78, 5) is 13.7. The van der Waals surface area contributed by atoms with Gasteiger partial charge in [0.15, 0.2) is 0 Å². The quantitative estimate of drug-likeness (QED) is 0.676. The molecule has 6 heteroatoms. The van der Waals surface area contributed by atoms with Crippen molar-refractivity contribution in [3.8, 4) is 0 Å². The molecule has 0 fully saturated rings. The average molecular weight is 225 g/mol. The molecule has 0 radical (unpaired) electrons. The van der Waals surface area contributed by atoms with Gasteiger partial charge in [0, 0.05) is 18.2 Å². The molecule has 0 bridgehead atoms. The molecule has 0 aliphatic heterocycles. The lowest BCUT2D eigenvalue weighted by molar-refractivity contribution is 0.0914. The van der Waals surface area contributed by atoms with Crippen molar-refractivity contribution < 1.29 is 4.79 Å². The number of aromatic amines is 1. The van der Waals surface area contributed by atoms with Crippen LogP contribution in [0.15, 0.2) is 6.07 Å². The first-order valence-electron chi connectivity index (χ1n) is 5.09. The summed E-state index contributed by atoms with van der Waals surface area (Å²) in [7, 11) is 3.95. The standard InChI is InChI=1S/C10H19N5O/c1-10(2,15(3)4)6-12-9(16)7-5-8(11)14-13-7/h5H,6H2,1-4H3,(H,12,16)(H3,11,13,14). The van der Waals surface area contributed by atoms with Gasteiger partial charge in [0.25, 0.3) is 5.91 Å². The molecule has 1 aromatic heterocycles. The molecule has 0 aromatic carbocycles. The molecule has 4 N–H and O–H groups in total. The fraction of sp³-hybridized carbons (Fsp3) is 0.600. The lowest BCUT2D eigenvalue weighted by Crippen LogP contribution is -2.48. The van der Waals surface area contributed by atoms with E-state index in [0.717, 1.165) is 0 Å². The molecular formula is C10H19N5O. The molecule has 1 heterocycles. The van der Waals surface area contributed by atoms with E-state index in [4.69, 9.17) is 5.73 Å². The minimum atomic E-state index is -0.195. The zero-order chi connectivity index (χ0) is 12.3. The normalized spacial score (nSPS) is 11.8. The SMILES string of the molecule is CN(C)C(C)(C)CNC(=O)c1cc(N)n[nH]1. The smallest absolute Gasteiger partial charge is 0.269 e. The topological polar surface area (TPSA) is 87.0 Å². The predicted octanol–water partition coefficient (Wildman–Crippen LogP) is 0.0619. The van der Waals surface area contributed by atoms with Crippen molar-refractivity contribution in [2.75, 3.05) is 26.4 Å². The molecule has 0 saturated carbocycles. The van der Waals surface area contributed by atoms with E-state index in [-0.39, 0.29) is 11.4 Å². The van der Waals surface area contributed by atoms with Crippen LogP contribution in [-0.2, 0) is 0 Å². The Morgan fingerprint density at radius 2 is 2.25 bits per heavy atom. The molecule has 0 atom stereocenters. The number of hydrogen-bond acceptors (Lipinski definition) is 4. The summed E-state index contributed by atoms with van der Waals surface area (Å²) in [5.74, 6) is 0.121. The van der Waals surface area contributed by atoms with Gasteiger partial charge in [-0.3, -0.25) is 9.89 Å². The number of nitrogens with two attached hydrogens (primary N) is 1. The third kappa shape index (κ3) is 2.96. The Morgan fingerprint density at radius 3 is 2.69 bits per heavy atom. The molecule has 0 saturated heterocycles. The van der Waals surface area contributed by atoms with E-state index >= 15 is 0 Å². The minimum absolute atomic E-state index is 0.0960. The summed E-state index contributed by atoms with van der Waals surface area (Å²) in [5, 5.41) is 9.10. The number of hydrogen-bond donors (Lipinski definition) is 3. The van der Waals surface area contributed by atoms with Crippen LogP contribution >= 0.6 is 0 Å². The Labute approximate surface area is 95.2 Å².